The van der Waals surface area contributed by atoms with Gasteiger partial charge in [0.25, 0.3) is 5.91 Å². The number of hydrogen-bond acceptors (Lipinski definition) is 4. The topological polar surface area (TPSA) is 59.9 Å². The summed E-state index contributed by atoms with van der Waals surface area (Å²) in [6.07, 6.45) is 1.57. The van der Waals surface area contributed by atoms with Gasteiger partial charge in [0.1, 0.15) is 5.75 Å². The molecule has 138 valence electrons. The number of carbonyl (C=O) groups excluding carboxylic acids is 1. The molecule has 0 saturated heterocycles. The maximum absolute atomic E-state index is 12.1. The molecule has 0 spiro atoms. The average molecular weight is 354 g/mol. The molecule has 0 aliphatic carbocycles. The van der Waals surface area contributed by atoms with Gasteiger partial charge in [0, 0.05) is 5.69 Å². The van der Waals surface area contributed by atoms with E-state index < -0.39 is 0 Å². The highest BCUT2D eigenvalue weighted by atomic mass is 16.6. The second-order valence-electron chi connectivity index (χ2n) is 6.25. The summed E-state index contributed by atoms with van der Waals surface area (Å²) in [5, 5.41) is 6.78. The van der Waals surface area contributed by atoms with Crippen molar-refractivity contribution in [1.82, 2.24) is 0 Å². The zero-order valence-corrected chi connectivity index (χ0v) is 15.8. The number of ether oxygens (including phenoxy) is 1. The summed E-state index contributed by atoms with van der Waals surface area (Å²) < 4.78 is 5.38. The molecule has 0 heterocycles. The van der Waals surface area contributed by atoms with Crippen LogP contribution in [-0.2, 0) is 9.63 Å². The van der Waals surface area contributed by atoms with E-state index in [4.69, 9.17) is 9.57 Å². The molecule has 5 heteroatoms. The van der Waals surface area contributed by atoms with Crippen molar-refractivity contribution in [2.24, 2.45) is 5.16 Å². The number of rotatable bonds is 8. The molecule has 26 heavy (non-hydrogen) atoms. The minimum absolute atomic E-state index is 0.139. The summed E-state index contributed by atoms with van der Waals surface area (Å²) in [5.41, 5.74) is 3.86. The van der Waals surface area contributed by atoms with Crippen molar-refractivity contribution < 1.29 is 14.4 Å². The van der Waals surface area contributed by atoms with Gasteiger partial charge in [-0.15, -0.1) is 0 Å². The molecule has 1 N–H and O–H groups in total. The van der Waals surface area contributed by atoms with Crippen LogP contribution in [0.2, 0.25) is 0 Å². The van der Waals surface area contributed by atoms with Crippen molar-refractivity contribution in [2.75, 3.05) is 18.5 Å². The quantitative estimate of drug-likeness (QED) is 0.560. The van der Waals surface area contributed by atoms with Gasteiger partial charge >= 0.3 is 0 Å². The van der Waals surface area contributed by atoms with Gasteiger partial charge in [0.2, 0.25) is 0 Å². The van der Waals surface area contributed by atoms with Crippen molar-refractivity contribution in [3.8, 4) is 5.75 Å². The Morgan fingerprint density at radius 1 is 1.19 bits per heavy atom. The smallest absolute Gasteiger partial charge is 0.265 e. The van der Waals surface area contributed by atoms with Gasteiger partial charge in [-0.3, -0.25) is 4.79 Å². The van der Waals surface area contributed by atoms with E-state index in [0.29, 0.717) is 12.5 Å². The molecule has 0 unspecified atom stereocenters. The molecule has 0 fully saturated rings. The number of oxime groups is 1. The Hall–Kier alpha value is -2.82. The molecule has 1 amide bonds. The van der Waals surface area contributed by atoms with Crippen LogP contribution in [0.3, 0.4) is 0 Å². The highest BCUT2D eigenvalue weighted by molar-refractivity contribution is 5.93. The molecule has 0 aliphatic heterocycles. The van der Waals surface area contributed by atoms with Gasteiger partial charge in [0.05, 0.1) is 12.8 Å². The van der Waals surface area contributed by atoms with Gasteiger partial charge in [-0.05, 0) is 60.7 Å². The number of aryl methyl sites for hydroxylation is 1. The molecule has 2 rings (SSSR count). The zero-order valence-electron chi connectivity index (χ0n) is 15.8. The molecule has 2 aromatic carbocycles. The van der Waals surface area contributed by atoms with Crippen LogP contribution in [0.15, 0.2) is 47.6 Å². The monoisotopic (exact) mass is 354 g/mol. The second-order valence-corrected chi connectivity index (χ2v) is 6.25. The maximum Gasteiger partial charge on any atom is 0.265 e. The number of benzene rings is 2. The second kappa shape index (κ2) is 9.61. The lowest BCUT2D eigenvalue weighted by atomic mass is 9.98. The fourth-order valence-corrected chi connectivity index (χ4v) is 2.53. The van der Waals surface area contributed by atoms with Gasteiger partial charge in [-0.1, -0.05) is 37.2 Å². The van der Waals surface area contributed by atoms with E-state index in [1.54, 1.807) is 6.21 Å². The van der Waals surface area contributed by atoms with E-state index in [9.17, 15) is 4.79 Å². The SMILES string of the molecule is CCOc1ccc(/C=N\OCC(=O)Nc2c(C)cccc2C(C)C)cc1. The number of para-hydroxylation sites is 1. The maximum atomic E-state index is 12.1. The highest BCUT2D eigenvalue weighted by Crippen LogP contribution is 2.27. The Bertz CT molecular complexity index is 752. The van der Waals surface area contributed by atoms with Crippen molar-refractivity contribution in [2.45, 2.75) is 33.6 Å². The van der Waals surface area contributed by atoms with Crippen molar-refractivity contribution in [3.05, 3.63) is 59.2 Å². The normalized spacial score (nSPS) is 11.0. The van der Waals surface area contributed by atoms with Crippen molar-refractivity contribution in [3.63, 3.8) is 0 Å². The molecule has 0 saturated carbocycles. The Morgan fingerprint density at radius 2 is 1.92 bits per heavy atom. The Balaban J connectivity index is 1.87. The van der Waals surface area contributed by atoms with Gasteiger partial charge in [-0.2, -0.15) is 0 Å². The van der Waals surface area contributed by atoms with Crippen LogP contribution in [0.25, 0.3) is 0 Å². The van der Waals surface area contributed by atoms with Crippen molar-refractivity contribution >= 4 is 17.8 Å². The average Bonchev–Trinajstić information content (AvgIpc) is 2.62. The molecule has 0 bridgehead atoms. The molecular formula is C21H26N2O3. The number of anilines is 1. The van der Waals surface area contributed by atoms with E-state index in [-0.39, 0.29) is 12.5 Å². The highest BCUT2D eigenvalue weighted by Gasteiger charge is 2.12. The summed E-state index contributed by atoms with van der Waals surface area (Å²) in [7, 11) is 0. The van der Waals surface area contributed by atoms with Gasteiger partial charge < -0.3 is 14.9 Å². The zero-order chi connectivity index (χ0) is 18.9. The number of nitrogens with zero attached hydrogens (tertiary/aromatic N) is 1. The van der Waals surface area contributed by atoms with Crippen LogP contribution in [0.5, 0.6) is 5.75 Å². The first-order valence-electron chi connectivity index (χ1n) is 8.78. The fourth-order valence-electron chi connectivity index (χ4n) is 2.53. The molecular weight excluding hydrogens is 328 g/mol. The first-order chi connectivity index (χ1) is 12.5. The van der Waals surface area contributed by atoms with E-state index in [2.05, 4.69) is 24.3 Å². The van der Waals surface area contributed by atoms with Crippen LogP contribution in [0.4, 0.5) is 5.69 Å². The minimum Gasteiger partial charge on any atom is -0.494 e. The largest absolute Gasteiger partial charge is 0.494 e. The van der Waals surface area contributed by atoms with Crippen LogP contribution in [0, 0.1) is 6.92 Å². The number of amides is 1. The summed E-state index contributed by atoms with van der Waals surface area (Å²) in [5.74, 6) is 0.901. The lowest BCUT2D eigenvalue weighted by Crippen LogP contribution is -2.19. The lowest BCUT2D eigenvalue weighted by Gasteiger charge is -2.16. The molecule has 0 atom stereocenters. The third kappa shape index (κ3) is 5.62. The predicted molar refractivity (Wildman–Crippen MR) is 105 cm³/mol. The summed E-state index contributed by atoms with van der Waals surface area (Å²) in [6, 6.07) is 13.5. The predicted octanol–water partition coefficient (Wildman–Crippen LogP) is 4.51. The first kappa shape index (κ1) is 19.5. The van der Waals surface area contributed by atoms with E-state index in [1.807, 2.05) is 56.3 Å². The third-order valence-electron chi connectivity index (χ3n) is 3.85. The van der Waals surface area contributed by atoms with Crippen LogP contribution >= 0.6 is 0 Å². The third-order valence-corrected chi connectivity index (χ3v) is 3.85. The van der Waals surface area contributed by atoms with E-state index >= 15 is 0 Å². The minimum atomic E-state index is -0.231. The van der Waals surface area contributed by atoms with E-state index in [1.165, 1.54) is 0 Å². The Kier molecular flexibility index (Phi) is 7.21. The fraction of sp³-hybridized carbons (Fsp3) is 0.333. The van der Waals surface area contributed by atoms with Crippen LogP contribution in [-0.4, -0.2) is 25.3 Å². The Morgan fingerprint density at radius 3 is 2.58 bits per heavy atom. The number of nitrogens with one attached hydrogen (secondary N) is 1. The van der Waals surface area contributed by atoms with Gasteiger partial charge in [0.15, 0.2) is 6.61 Å². The standard InChI is InChI=1S/C21H26N2O3/c1-5-25-18-11-9-17(10-12-18)13-22-26-14-20(24)23-21-16(4)7-6-8-19(21)15(2)3/h6-13,15H,5,14H2,1-4H3,(H,23,24)/b22-13-. The molecule has 0 aliphatic rings. The van der Waals surface area contributed by atoms with Gasteiger partial charge in [-0.25, -0.2) is 0 Å². The Labute approximate surface area is 155 Å². The molecule has 2 aromatic rings. The molecule has 0 radical (unpaired) electrons. The number of hydrogen-bond donors (Lipinski definition) is 1. The van der Waals surface area contributed by atoms with Crippen molar-refractivity contribution in [1.29, 1.82) is 0 Å². The van der Waals surface area contributed by atoms with Crippen LogP contribution in [0.1, 0.15) is 43.4 Å². The molecule has 5 nitrogen and oxygen atoms in total. The summed E-state index contributed by atoms with van der Waals surface area (Å²) >= 11 is 0. The number of carbonyl (C=O) groups is 1. The van der Waals surface area contributed by atoms with Crippen LogP contribution < -0.4 is 10.1 Å². The summed E-state index contributed by atoms with van der Waals surface area (Å²) in [6.45, 7) is 8.61. The lowest BCUT2D eigenvalue weighted by molar-refractivity contribution is -0.120. The molecule has 0 aromatic heterocycles. The summed E-state index contributed by atoms with van der Waals surface area (Å²) in [4.78, 5) is 17.3. The van der Waals surface area contributed by atoms with E-state index in [0.717, 1.165) is 28.1 Å². The first-order valence-corrected chi connectivity index (χ1v) is 8.78.